The van der Waals surface area contributed by atoms with Gasteiger partial charge in [0.1, 0.15) is 6.23 Å². The number of hydrogen-bond donors (Lipinski definition) is 0. The lowest BCUT2D eigenvalue weighted by Gasteiger charge is -2.40. The number of likely N-dealkylation sites (tertiary alicyclic amines) is 1. The van der Waals surface area contributed by atoms with Crippen LogP contribution in [0.15, 0.2) is 0 Å². The summed E-state index contributed by atoms with van der Waals surface area (Å²) in [4.78, 5) is 13.4. The molecule has 4 heteroatoms. The van der Waals surface area contributed by atoms with E-state index in [4.69, 9.17) is 9.47 Å². The van der Waals surface area contributed by atoms with Crippen molar-refractivity contribution in [1.82, 2.24) is 4.90 Å². The van der Waals surface area contributed by atoms with Gasteiger partial charge in [-0.25, -0.2) is 4.79 Å². The van der Waals surface area contributed by atoms with Crippen molar-refractivity contribution in [3.63, 3.8) is 0 Å². The lowest BCUT2D eigenvalue weighted by molar-refractivity contribution is -0.0707. The van der Waals surface area contributed by atoms with Crippen LogP contribution in [0.25, 0.3) is 0 Å². The van der Waals surface area contributed by atoms with Crippen molar-refractivity contribution >= 4 is 6.09 Å². The highest BCUT2D eigenvalue weighted by Gasteiger charge is 2.34. The van der Waals surface area contributed by atoms with Crippen LogP contribution < -0.4 is 0 Å². The molecule has 15 heavy (non-hydrogen) atoms. The molecule has 0 N–H and O–H groups in total. The van der Waals surface area contributed by atoms with Crippen LogP contribution in [-0.2, 0) is 9.47 Å². The van der Waals surface area contributed by atoms with Gasteiger partial charge in [0.15, 0.2) is 0 Å². The van der Waals surface area contributed by atoms with Crippen molar-refractivity contribution < 1.29 is 14.3 Å². The van der Waals surface area contributed by atoms with Crippen LogP contribution in [0.1, 0.15) is 39.0 Å². The zero-order chi connectivity index (χ0) is 11.3. The van der Waals surface area contributed by atoms with Crippen LogP contribution in [0.5, 0.6) is 0 Å². The van der Waals surface area contributed by atoms with Crippen LogP contribution in [-0.4, -0.2) is 37.5 Å². The topological polar surface area (TPSA) is 38.8 Å². The second-order valence-corrected chi connectivity index (χ2v) is 3.94. The van der Waals surface area contributed by atoms with Gasteiger partial charge in [-0.3, -0.25) is 4.90 Å². The Hall–Kier alpha value is -0.770. The van der Waals surface area contributed by atoms with Crippen molar-refractivity contribution in [3.05, 3.63) is 0 Å². The minimum absolute atomic E-state index is 0.109. The standard InChI is InChI=1S/C11H21NO3/c1-4-6-9-7-5-8-10(14-2)12(9)11(13)15-3/h9-10H,4-8H2,1-3H3. The summed E-state index contributed by atoms with van der Waals surface area (Å²) in [6.45, 7) is 2.13. The van der Waals surface area contributed by atoms with Crippen molar-refractivity contribution in [2.24, 2.45) is 0 Å². The Morgan fingerprint density at radius 2 is 2.13 bits per heavy atom. The van der Waals surface area contributed by atoms with Crippen LogP contribution in [0, 0.1) is 0 Å². The maximum atomic E-state index is 11.6. The monoisotopic (exact) mass is 215 g/mol. The average Bonchev–Trinajstić information content (AvgIpc) is 2.28. The molecule has 0 radical (unpaired) electrons. The lowest BCUT2D eigenvalue weighted by Crippen LogP contribution is -2.50. The smallest absolute Gasteiger partial charge is 0.411 e. The van der Waals surface area contributed by atoms with Crippen molar-refractivity contribution in [1.29, 1.82) is 0 Å². The Morgan fingerprint density at radius 3 is 2.67 bits per heavy atom. The fraction of sp³-hybridized carbons (Fsp3) is 0.909. The summed E-state index contributed by atoms with van der Waals surface area (Å²) in [6, 6.07) is 0.279. The van der Waals surface area contributed by atoms with E-state index in [9.17, 15) is 4.79 Å². The van der Waals surface area contributed by atoms with Crippen LogP contribution >= 0.6 is 0 Å². The first-order valence-corrected chi connectivity index (χ1v) is 5.63. The van der Waals surface area contributed by atoms with E-state index in [1.165, 1.54) is 7.11 Å². The number of carbonyl (C=O) groups is 1. The van der Waals surface area contributed by atoms with Gasteiger partial charge >= 0.3 is 6.09 Å². The van der Waals surface area contributed by atoms with Gasteiger partial charge in [0.25, 0.3) is 0 Å². The maximum Gasteiger partial charge on any atom is 0.411 e. The Kier molecular flexibility index (Phi) is 4.88. The zero-order valence-electron chi connectivity index (χ0n) is 9.86. The lowest BCUT2D eigenvalue weighted by atomic mass is 9.97. The average molecular weight is 215 g/mol. The number of rotatable bonds is 3. The first-order chi connectivity index (χ1) is 7.24. The predicted molar refractivity (Wildman–Crippen MR) is 57.6 cm³/mol. The van der Waals surface area contributed by atoms with E-state index in [-0.39, 0.29) is 18.4 Å². The van der Waals surface area contributed by atoms with Gasteiger partial charge in [-0.1, -0.05) is 13.3 Å². The normalized spacial score (nSPS) is 26.5. The minimum atomic E-state index is -0.264. The first kappa shape index (κ1) is 12.3. The van der Waals surface area contributed by atoms with Gasteiger partial charge in [0, 0.05) is 13.2 Å². The second kappa shape index (κ2) is 5.95. The number of nitrogens with zero attached hydrogens (tertiary/aromatic N) is 1. The molecule has 1 fully saturated rings. The highest BCUT2D eigenvalue weighted by atomic mass is 16.6. The van der Waals surface area contributed by atoms with Crippen LogP contribution in [0.3, 0.4) is 0 Å². The third-order valence-corrected chi connectivity index (χ3v) is 2.97. The summed E-state index contributed by atoms with van der Waals surface area (Å²) in [5.74, 6) is 0. The third-order valence-electron chi connectivity index (χ3n) is 2.97. The Labute approximate surface area is 91.5 Å². The molecule has 0 aromatic heterocycles. The van der Waals surface area contributed by atoms with E-state index in [0.717, 1.165) is 32.1 Å². The molecular formula is C11H21NO3. The molecule has 2 unspecified atom stereocenters. The SMILES string of the molecule is CCCC1CCCC(OC)N1C(=O)OC. The molecule has 0 bridgehead atoms. The van der Waals surface area contributed by atoms with E-state index < -0.39 is 0 Å². The number of ether oxygens (including phenoxy) is 2. The fourth-order valence-corrected chi connectivity index (χ4v) is 2.26. The molecular weight excluding hydrogens is 194 g/mol. The highest BCUT2D eigenvalue weighted by molar-refractivity contribution is 5.68. The summed E-state index contributed by atoms with van der Waals surface area (Å²) < 4.78 is 10.1. The highest BCUT2D eigenvalue weighted by Crippen LogP contribution is 2.26. The van der Waals surface area contributed by atoms with Gasteiger partial charge in [-0.15, -0.1) is 0 Å². The molecule has 0 aliphatic carbocycles. The molecule has 1 heterocycles. The second-order valence-electron chi connectivity index (χ2n) is 3.94. The fourth-order valence-electron chi connectivity index (χ4n) is 2.26. The Bertz CT molecular complexity index is 206. The van der Waals surface area contributed by atoms with Crippen LogP contribution in [0.2, 0.25) is 0 Å². The molecule has 1 saturated heterocycles. The minimum Gasteiger partial charge on any atom is -0.453 e. The molecule has 1 aliphatic heterocycles. The maximum absolute atomic E-state index is 11.6. The molecule has 88 valence electrons. The van der Waals surface area contributed by atoms with E-state index >= 15 is 0 Å². The van der Waals surface area contributed by atoms with Gasteiger partial charge in [0.2, 0.25) is 0 Å². The number of hydrogen-bond acceptors (Lipinski definition) is 3. The molecule has 0 saturated carbocycles. The third kappa shape index (κ3) is 2.84. The molecule has 0 aromatic rings. The van der Waals surface area contributed by atoms with E-state index in [2.05, 4.69) is 6.92 Å². The van der Waals surface area contributed by atoms with Crippen molar-refractivity contribution in [2.75, 3.05) is 14.2 Å². The summed E-state index contributed by atoms with van der Waals surface area (Å²) in [5, 5.41) is 0. The number of piperidine rings is 1. The molecule has 2 atom stereocenters. The molecule has 0 spiro atoms. The molecule has 1 aliphatic rings. The summed E-state index contributed by atoms with van der Waals surface area (Å²) in [6.07, 6.45) is 4.82. The van der Waals surface area contributed by atoms with Gasteiger partial charge < -0.3 is 9.47 Å². The number of carbonyl (C=O) groups excluding carboxylic acids is 1. The Morgan fingerprint density at radius 1 is 1.40 bits per heavy atom. The Balaban J connectivity index is 2.71. The van der Waals surface area contributed by atoms with Crippen LogP contribution in [0.4, 0.5) is 4.79 Å². The quantitative estimate of drug-likeness (QED) is 0.725. The largest absolute Gasteiger partial charge is 0.453 e. The number of methoxy groups -OCH3 is 2. The van der Waals surface area contributed by atoms with Gasteiger partial charge in [0.05, 0.1) is 7.11 Å². The summed E-state index contributed by atoms with van der Waals surface area (Å²) in [5.41, 5.74) is 0. The summed E-state index contributed by atoms with van der Waals surface area (Å²) >= 11 is 0. The molecule has 0 aromatic carbocycles. The van der Waals surface area contributed by atoms with E-state index in [0.29, 0.717) is 0 Å². The molecule has 4 nitrogen and oxygen atoms in total. The van der Waals surface area contributed by atoms with Gasteiger partial charge in [-0.2, -0.15) is 0 Å². The van der Waals surface area contributed by atoms with Gasteiger partial charge in [-0.05, 0) is 25.7 Å². The van der Waals surface area contributed by atoms with Crippen molar-refractivity contribution in [3.8, 4) is 0 Å². The summed E-state index contributed by atoms with van der Waals surface area (Å²) in [7, 11) is 3.07. The zero-order valence-corrected chi connectivity index (χ0v) is 9.86. The van der Waals surface area contributed by atoms with E-state index in [1.807, 2.05) is 0 Å². The number of amides is 1. The first-order valence-electron chi connectivity index (χ1n) is 5.63. The molecule has 1 amide bonds. The predicted octanol–water partition coefficient (Wildman–Crippen LogP) is 2.38. The van der Waals surface area contributed by atoms with E-state index in [1.54, 1.807) is 12.0 Å². The van der Waals surface area contributed by atoms with Crippen molar-refractivity contribution in [2.45, 2.75) is 51.3 Å². The molecule has 1 rings (SSSR count).